The lowest BCUT2D eigenvalue weighted by Gasteiger charge is -2.33. The second kappa shape index (κ2) is 8.60. The van der Waals surface area contributed by atoms with Crippen LogP contribution in [0.2, 0.25) is 0 Å². The molecule has 7 nitrogen and oxygen atoms in total. The first-order chi connectivity index (χ1) is 13.4. The molecule has 0 aliphatic carbocycles. The van der Waals surface area contributed by atoms with Crippen LogP contribution in [0.15, 0.2) is 51.8 Å². The molecule has 1 saturated heterocycles. The maximum atomic E-state index is 13.0. The molecule has 0 radical (unpaired) electrons. The lowest BCUT2D eigenvalue weighted by atomic mass is 10.1. The van der Waals surface area contributed by atoms with E-state index in [1.807, 2.05) is 24.3 Å². The number of amides is 1. The van der Waals surface area contributed by atoms with Gasteiger partial charge in [0.15, 0.2) is 0 Å². The third-order valence-electron chi connectivity index (χ3n) is 4.56. The maximum Gasteiger partial charge on any atom is 0.254 e. The Morgan fingerprint density at radius 3 is 2.61 bits per heavy atom. The van der Waals surface area contributed by atoms with Gasteiger partial charge in [-0.1, -0.05) is 28.1 Å². The Bertz CT molecular complexity index is 963. The molecule has 0 bridgehead atoms. The van der Waals surface area contributed by atoms with Crippen molar-refractivity contribution in [3.05, 3.63) is 58.1 Å². The first-order valence-electron chi connectivity index (χ1n) is 8.63. The lowest BCUT2D eigenvalue weighted by Crippen LogP contribution is -2.42. The van der Waals surface area contributed by atoms with Crippen LogP contribution in [0, 0.1) is 0 Å². The minimum absolute atomic E-state index is 0.0685. The highest BCUT2D eigenvalue weighted by Gasteiger charge is 2.28. The van der Waals surface area contributed by atoms with Crippen LogP contribution in [0.5, 0.6) is 5.75 Å². The van der Waals surface area contributed by atoms with E-state index in [1.54, 1.807) is 11.0 Å². The van der Waals surface area contributed by atoms with E-state index >= 15 is 0 Å². The summed E-state index contributed by atoms with van der Waals surface area (Å²) in [5.41, 5.74) is 1.26. The van der Waals surface area contributed by atoms with E-state index in [1.165, 1.54) is 26.3 Å². The van der Waals surface area contributed by atoms with Crippen LogP contribution in [0.4, 0.5) is 0 Å². The summed E-state index contributed by atoms with van der Waals surface area (Å²) in [6.45, 7) is 1.23. The van der Waals surface area contributed by atoms with Gasteiger partial charge in [0.2, 0.25) is 10.0 Å². The summed E-state index contributed by atoms with van der Waals surface area (Å²) in [5, 5.41) is 0. The minimum Gasteiger partial charge on any atom is -0.495 e. The molecule has 0 spiro atoms. The number of carbonyl (C=O) groups is 1. The first-order valence-corrected chi connectivity index (χ1v) is 10.9. The van der Waals surface area contributed by atoms with Gasteiger partial charge in [-0.25, -0.2) is 13.1 Å². The number of rotatable bonds is 5. The van der Waals surface area contributed by atoms with E-state index in [9.17, 15) is 13.2 Å². The molecule has 1 N–H and O–H groups in total. The van der Waals surface area contributed by atoms with Crippen LogP contribution in [0.1, 0.15) is 22.0 Å². The zero-order chi connectivity index (χ0) is 20.3. The van der Waals surface area contributed by atoms with Crippen molar-refractivity contribution in [3.8, 4) is 5.75 Å². The minimum atomic E-state index is -3.76. The molecular weight excluding hydrogens is 448 g/mol. The fraction of sp³-hybridized carbons (Fsp3) is 0.316. The van der Waals surface area contributed by atoms with Crippen molar-refractivity contribution in [2.75, 3.05) is 33.9 Å². The normalized spacial score (nSPS) is 17.4. The van der Waals surface area contributed by atoms with Crippen LogP contribution in [0.25, 0.3) is 0 Å². The second-order valence-electron chi connectivity index (χ2n) is 6.24. The van der Waals surface area contributed by atoms with Crippen molar-refractivity contribution < 1.29 is 22.7 Å². The Hall–Kier alpha value is -1.94. The van der Waals surface area contributed by atoms with Crippen LogP contribution < -0.4 is 9.46 Å². The summed E-state index contributed by atoms with van der Waals surface area (Å²) in [6.07, 6.45) is -0.232. The summed E-state index contributed by atoms with van der Waals surface area (Å²) in [6, 6.07) is 12.2. The summed E-state index contributed by atoms with van der Waals surface area (Å²) in [5.74, 6) is -0.0683. The molecular formula is C19H21BrN2O5S. The molecule has 2 aromatic carbocycles. The standard InChI is InChI=1S/C19H21BrN2O5S/c1-21-28(24,25)18-11-14(5-8-16(18)26-2)19(23)22-9-10-27-17(12-22)13-3-6-15(20)7-4-13/h3-8,11,17,21H,9-10,12H2,1-2H3. The molecule has 9 heteroatoms. The predicted molar refractivity (Wildman–Crippen MR) is 108 cm³/mol. The van der Waals surface area contributed by atoms with Crippen molar-refractivity contribution in [2.24, 2.45) is 0 Å². The topological polar surface area (TPSA) is 84.9 Å². The third kappa shape index (κ3) is 4.38. The van der Waals surface area contributed by atoms with Gasteiger partial charge in [-0.3, -0.25) is 4.79 Å². The molecule has 1 aliphatic rings. The van der Waals surface area contributed by atoms with Crippen molar-refractivity contribution in [2.45, 2.75) is 11.0 Å². The van der Waals surface area contributed by atoms with Crippen molar-refractivity contribution >= 4 is 31.9 Å². The van der Waals surface area contributed by atoms with E-state index < -0.39 is 10.0 Å². The summed E-state index contributed by atoms with van der Waals surface area (Å²) in [4.78, 5) is 14.6. The molecule has 3 rings (SSSR count). The van der Waals surface area contributed by atoms with Crippen LogP contribution >= 0.6 is 15.9 Å². The summed E-state index contributed by atoms with van der Waals surface area (Å²) < 4.78 is 38.7. The van der Waals surface area contributed by atoms with Crippen molar-refractivity contribution in [3.63, 3.8) is 0 Å². The van der Waals surface area contributed by atoms with Crippen LogP contribution in [-0.2, 0) is 14.8 Å². The zero-order valence-corrected chi connectivity index (χ0v) is 17.9. The third-order valence-corrected chi connectivity index (χ3v) is 6.53. The molecule has 1 heterocycles. The van der Waals surface area contributed by atoms with Gasteiger partial charge in [0, 0.05) is 16.6 Å². The van der Waals surface area contributed by atoms with Gasteiger partial charge in [-0.2, -0.15) is 0 Å². The van der Waals surface area contributed by atoms with E-state index in [-0.39, 0.29) is 28.2 Å². The Morgan fingerprint density at radius 2 is 1.96 bits per heavy atom. The van der Waals surface area contributed by atoms with E-state index in [4.69, 9.17) is 9.47 Å². The largest absolute Gasteiger partial charge is 0.495 e. The number of nitrogens with zero attached hydrogens (tertiary/aromatic N) is 1. The molecule has 1 unspecified atom stereocenters. The van der Waals surface area contributed by atoms with Gasteiger partial charge in [0.25, 0.3) is 5.91 Å². The number of benzene rings is 2. The van der Waals surface area contributed by atoms with Gasteiger partial charge in [-0.15, -0.1) is 0 Å². The number of nitrogens with one attached hydrogen (secondary N) is 1. The molecule has 2 aromatic rings. The van der Waals surface area contributed by atoms with Gasteiger partial charge in [0.1, 0.15) is 16.7 Å². The first kappa shape index (κ1) is 20.8. The number of carbonyl (C=O) groups excluding carboxylic acids is 1. The predicted octanol–water partition coefficient (Wildman–Crippen LogP) is 2.58. The highest BCUT2D eigenvalue weighted by molar-refractivity contribution is 9.10. The number of ether oxygens (including phenoxy) is 2. The van der Waals surface area contributed by atoms with Gasteiger partial charge in [-0.05, 0) is 42.9 Å². The highest BCUT2D eigenvalue weighted by Crippen LogP contribution is 2.28. The highest BCUT2D eigenvalue weighted by atomic mass is 79.9. The van der Waals surface area contributed by atoms with E-state index in [0.717, 1.165) is 10.0 Å². The Kier molecular flexibility index (Phi) is 6.39. The number of sulfonamides is 1. The molecule has 1 aliphatic heterocycles. The average Bonchev–Trinajstić information content (AvgIpc) is 2.73. The quantitative estimate of drug-likeness (QED) is 0.728. The monoisotopic (exact) mass is 468 g/mol. The van der Waals surface area contributed by atoms with Crippen LogP contribution in [-0.4, -0.2) is 53.1 Å². The molecule has 0 aromatic heterocycles. The van der Waals surface area contributed by atoms with Gasteiger partial charge < -0.3 is 14.4 Å². The zero-order valence-electron chi connectivity index (χ0n) is 15.5. The molecule has 1 atom stereocenters. The lowest BCUT2D eigenvalue weighted by molar-refractivity contribution is -0.0228. The maximum absolute atomic E-state index is 13.0. The fourth-order valence-electron chi connectivity index (χ4n) is 3.03. The number of halogens is 1. The Morgan fingerprint density at radius 1 is 1.25 bits per heavy atom. The number of methoxy groups -OCH3 is 1. The molecule has 150 valence electrons. The van der Waals surface area contributed by atoms with Crippen molar-refractivity contribution in [1.82, 2.24) is 9.62 Å². The van der Waals surface area contributed by atoms with E-state index in [2.05, 4.69) is 20.7 Å². The fourth-order valence-corrected chi connectivity index (χ4v) is 4.21. The molecule has 1 amide bonds. The number of hydrogen-bond donors (Lipinski definition) is 1. The molecule has 1 fully saturated rings. The van der Waals surface area contributed by atoms with Crippen molar-refractivity contribution in [1.29, 1.82) is 0 Å². The number of morpholine rings is 1. The smallest absolute Gasteiger partial charge is 0.254 e. The van der Waals surface area contributed by atoms with Gasteiger partial charge >= 0.3 is 0 Å². The Labute approximate surface area is 172 Å². The average molecular weight is 469 g/mol. The molecule has 28 heavy (non-hydrogen) atoms. The number of hydrogen-bond acceptors (Lipinski definition) is 5. The van der Waals surface area contributed by atoms with Gasteiger partial charge in [0.05, 0.1) is 20.3 Å². The SMILES string of the molecule is CNS(=O)(=O)c1cc(C(=O)N2CCOC(c3ccc(Br)cc3)C2)ccc1OC. The summed E-state index contributed by atoms with van der Waals surface area (Å²) in [7, 11) is -1.06. The summed E-state index contributed by atoms with van der Waals surface area (Å²) >= 11 is 3.41. The second-order valence-corrected chi connectivity index (χ2v) is 9.01. The Balaban J connectivity index is 1.85. The van der Waals surface area contributed by atoms with Crippen LogP contribution in [0.3, 0.4) is 0 Å². The van der Waals surface area contributed by atoms with E-state index in [0.29, 0.717) is 19.7 Å². The molecule has 0 saturated carbocycles.